The SMILES string of the molecule is Cc1ccc([C@@H](C(=O)NC2CCCCC2)N(C(=O)CCC(=O)Nc2ccccn2)C2CCCC2)cc1. The minimum atomic E-state index is -0.693. The highest BCUT2D eigenvalue weighted by Crippen LogP contribution is 2.33. The van der Waals surface area contributed by atoms with E-state index in [2.05, 4.69) is 15.6 Å². The lowest BCUT2D eigenvalue weighted by molar-refractivity contribution is -0.144. The number of anilines is 1. The second kappa shape index (κ2) is 12.7. The van der Waals surface area contributed by atoms with Crippen LogP contribution in [-0.4, -0.2) is 39.7 Å². The molecule has 0 unspecified atom stereocenters. The van der Waals surface area contributed by atoms with Gasteiger partial charge in [0.2, 0.25) is 17.7 Å². The summed E-state index contributed by atoms with van der Waals surface area (Å²) in [7, 11) is 0. The van der Waals surface area contributed by atoms with Crippen molar-refractivity contribution in [3.05, 3.63) is 59.8 Å². The van der Waals surface area contributed by atoms with Gasteiger partial charge in [0.1, 0.15) is 11.9 Å². The number of aryl methyl sites for hydroxylation is 1. The van der Waals surface area contributed by atoms with Gasteiger partial charge in [0.25, 0.3) is 0 Å². The van der Waals surface area contributed by atoms with Crippen LogP contribution in [0.2, 0.25) is 0 Å². The minimum Gasteiger partial charge on any atom is -0.351 e. The molecule has 2 aliphatic rings. The van der Waals surface area contributed by atoms with Crippen molar-refractivity contribution in [2.75, 3.05) is 5.32 Å². The van der Waals surface area contributed by atoms with Gasteiger partial charge in [0, 0.05) is 31.1 Å². The number of nitrogens with zero attached hydrogens (tertiary/aromatic N) is 2. The molecule has 7 nitrogen and oxygen atoms in total. The molecule has 3 amide bonds. The first kappa shape index (κ1) is 25.9. The number of carbonyl (C=O) groups is 3. The van der Waals surface area contributed by atoms with Crippen molar-refractivity contribution >= 4 is 23.5 Å². The van der Waals surface area contributed by atoms with E-state index in [4.69, 9.17) is 0 Å². The minimum absolute atomic E-state index is 0.000222. The molecular weight excluding hydrogens is 452 g/mol. The summed E-state index contributed by atoms with van der Waals surface area (Å²) in [6.45, 7) is 2.01. The highest BCUT2D eigenvalue weighted by Gasteiger charge is 2.38. The van der Waals surface area contributed by atoms with Gasteiger partial charge >= 0.3 is 0 Å². The molecule has 7 heteroatoms. The lowest BCUT2D eigenvalue weighted by atomic mass is 9.94. The second-order valence-electron chi connectivity index (χ2n) is 10.2. The van der Waals surface area contributed by atoms with Gasteiger partial charge < -0.3 is 15.5 Å². The second-order valence-corrected chi connectivity index (χ2v) is 10.2. The molecule has 2 aromatic rings. The van der Waals surface area contributed by atoms with Gasteiger partial charge in [0.15, 0.2) is 0 Å². The summed E-state index contributed by atoms with van der Waals surface area (Å²) in [5.41, 5.74) is 1.93. The Labute approximate surface area is 214 Å². The average molecular weight is 491 g/mol. The maximum atomic E-state index is 13.8. The zero-order valence-electron chi connectivity index (χ0n) is 21.2. The Hall–Kier alpha value is -3.22. The monoisotopic (exact) mass is 490 g/mol. The van der Waals surface area contributed by atoms with Gasteiger partial charge in [0.05, 0.1) is 0 Å². The van der Waals surface area contributed by atoms with Crippen molar-refractivity contribution in [3.8, 4) is 0 Å². The maximum Gasteiger partial charge on any atom is 0.247 e. The van der Waals surface area contributed by atoms with Gasteiger partial charge in [-0.15, -0.1) is 0 Å². The van der Waals surface area contributed by atoms with Gasteiger partial charge in [-0.3, -0.25) is 14.4 Å². The van der Waals surface area contributed by atoms with E-state index in [1.165, 1.54) is 6.42 Å². The predicted octanol–water partition coefficient (Wildman–Crippen LogP) is 5.07. The molecule has 0 bridgehead atoms. The fourth-order valence-corrected chi connectivity index (χ4v) is 5.45. The molecule has 1 atom stereocenters. The van der Waals surface area contributed by atoms with E-state index < -0.39 is 6.04 Å². The van der Waals surface area contributed by atoms with Crippen LogP contribution in [0.25, 0.3) is 0 Å². The highest BCUT2D eigenvalue weighted by molar-refractivity contribution is 5.94. The van der Waals surface area contributed by atoms with Crippen molar-refractivity contribution < 1.29 is 14.4 Å². The van der Waals surface area contributed by atoms with Crippen LogP contribution >= 0.6 is 0 Å². The third-order valence-corrected chi connectivity index (χ3v) is 7.38. The molecule has 4 rings (SSSR count). The maximum absolute atomic E-state index is 13.8. The number of hydrogen-bond donors (Lipinski definition) is 2. The molecule has 0 spiro atoms. The number of benzene rings is 1. The Bertz CT molecular complexity index is 1010. The first-order valence-electron chi connectivity index (χ1n) is 13.4. The Balaban J connectivity index is 1.53. The summed E-state index contributed by atoms with van der Waals surface area (Å²) in [5, 5.41) is 6.02. The van der Waals surface area contributed by atoms with Crippen LogP contribution in [0.15, 0.2) is 48.7 Å². The van der Waals surface area contributed by atoms with E-state index in [1.807, 2.05) is 31.2 Å². The molecule has 1 aromatic carbocycles. The molecule has 2 N–H and O–H groups in total. The third kappa shape index (κ3) is 6.93. The van der Waals surface area contributed by atoms with E-state index in [9.17, 15) is 14.4 Å². The van der Waals surface area contributed by atoms with Crippen molar-refractivity contribution in [1.29, 1.82) is 0 Å². The molecule has 2 fully saturated rings. The molecule has 0 radical (unpaired) electrons. The van der Waals surface area contributed by atoms with Crippen LogP contribution in [0.5, 0.6) is 0 Å². The molecule has 0 aliphatic heterocycles. The number of carbonyl (C=O) groups excluding carboxylic acids is 3. The van der Waals surface area contributed by atoms with E-state index in [-0.39, 0.29) is 42.6 Å². The molecule has 1 heterocycles. The first-order chi connectivity index (χ1) is 17.5. The Morgan fingerprint density at radius 1 is 0.917 bits per heavy atom. The summed E-state index contributed by atoms with van der Waals surface area (Å²) < 4.78 is 0. The van der Waals surface area contributed by atoms with Crippen molar-refractivity contribution in [2.24, 2.45) is 0 Å². The lowest BCUT2D eigenvalue weighted by Gasteiger charge is -2.37. The number of hydrogen-bond acceptors (Lipinski definition) is 4. The Morgan fingerprint density at radius 2 is 1.61 bits per heavy atom. The smallest absolute Gasteiger partial charge is 0.247 e. The molecule has 192 valence electrons. The molecule has 0 saturated heterocycles. The van der Waals surface area contributed by atoms with Crippen LogP contribution in [0.3, 0.4) is 0 Å². The van der Waals surface area contributed by atoms with Crippen LogP contribution in [0, 0.1) is 6.92 Å². The van der Waals surface area contributed by atoms with Gasteiger partial charge in [-0.25, -0.2) is 4.98 Å². The molecule has 1 aromatic heterocycles. The molecule has 2 saturated carbocycles. The quantitative estimate of drug-likeness (QED) is 0.513. The van der Waals surface area contributed by atoms with Gasteiger partial charge in [-0.05, 0) is 50.3 Å². The molecule has 2 aliphatic carbocycles. The summed E-state index contributed by atoms with van der Waals surface area (Å²) in [4.78, 5) is 45.9. The van der Waals surface area contributed by atoms with E-state index in [0.29, 0.717) is 5.82 Å². The average Bonchev–Trinajstić information content (AvgIpc) is 3.42. The molecule has 36 heavy (non-hydrogen) atoms. The van der Waals surface area contributed by atoms with Crippen LogP contribution < -0.4 is 10.6 Å². The number of nitrogens with one attached hydrogen (secondary N) is 2. The summed E-state index contributed by atoms with van der Waals surface area (Å²) in [6.07, 6.45) is 11.0. The first-order valence-corrected chi connectivity index (χ1v) is 13.4. The number of amides is 3. The normalized spacial score (nSPS) is 17.4. The van der Waals surface area contributed by atoms with E-state index in [0.717, 1.165) is 62.5 Å². The standard InChI is InChI=1S/C29H38N4O3/c1-21-14-16-22(17-15-21)28(29(36)31-23-9-3-2-4-10-23)33(24-11-5-6-12-24)27(35)19-18-26(34)32-25-13-7-8-20-30-25/h7-8,13-17,20,23-24,28H,2-6,9-12,18-19H2,1H3,(H,31,36)(H,30,32,34)/t28-/m0/s1. The van der Waals surface area contributed by atoms with Crippen LogP contribution in [-0.2, 0) is 14.4 Å². The van der Waals surface area contributed by atoms with Crippen LogP contribution in [0.4, 0.5) is 5.82 Å². The fourth-order valence-electron chi connectivity index (χ4n) is 5.45. The fraction of sp³-hybridized carbons (Fsp3) is 0.517. The number of rotatable bonds is 9. The predicted molar refractivity (Wildman–Crippen MR) is 140 cm³/mol. The van der Waals surface area contributed by atoms with Crippen molar-refractivity contribution in [2.45, 2.75) is 95.7 Å². The van der Waals surface area contributed by atoms with E-state index in [1.54, 1.807) is 29.3 Å². The van der Waals surface area contributed by atoms with Gasteiger partial charge in [-0.1, -0.05) is 68.0 Å². The zero-order chi connectivity index (χ0) is 25.3. The summed E-state index contributed by atoms with van der Waals surface area (Å²) >= 11 is 0. The van der Waals surface area contributed by atoms with E-state index >= 15 is 0 Å². The lowest BCUT2D eigenvalue weighted by Crippen LogP contribution is -2.50. The Morgan fingerprint density at radius 3 is 2.28 bits per heavy atom. The molecular formula is C29H38N4O3. The topological polar surface area (TPSA) is 91.4 Å². The summed E-state index contributed by atoms with van der Waals surface area (Å²) in [5.74, 6) is -0.0506. The van der Waals surface area contributed by atoms with Crippen molar-refractivity contribution in [1.82, 2.24) is 15.2 Å². The largest absolute Gasteiger partial charge is 0.351 e. The van der Waals surface area contributed by atoms with Crippen molar-refractivity contribution in [3.63, 3.8) is 0 Å². The van der Waals surface area contributed by atoms with Crippen LogP contribution in [0.1, 0.15) is 87.8 Å². The third-order valence-electron chi connectivity index (χ3n) is 7.38. The Kier molecular flexibility index (Phi) is 9.09. The van der Waals surface area contributed by atoms with Gasteiger partial charge in [-0.2, -0.15) is 0 Å². The zero-order valence-corrected chi connectivity index (χ0v) is 21.2. The number of pyridine rings is 1. The number of aromatic nitrogens is 1. The highest BCUT2D eigenvalue weighted by atomic mass is 16.2. The summed E-state index contributed by atoms with van der Waals surface area (Å²) in [6, 6.07) is 12.7.